The molecule has 4 N–H and O–H groups in total. The Labute approximate surface area is 212 Å². The number of likely N-dealkylation sites (tertiary alicyclic amines) is 1. The van der Waals surface area contributed by atoms with Gasteiger partial charge in [-0.25, -0.2) is 18.4 Å². The first-order valence-electron chi connectivity index (χ1n) is 10.9. The standard InChI is InChI=1S/C23H26IN5O4S/c1-15(24)13-23(31)9-11-29(12-10-23)22(30)16-5-7-17(8-6-16)28-34(32,33)19-4-2-3-18-21(19)26-14-20(25)27-18/h2-8,14-15,28,31H,9-13H2,1H3,(H2,25,27). The van der Waals surface area contributed by atoms with Crippen molar-refractivity contribution < 1.29 is 18.3 Å². The van der Waals surface area contributed by atoms with Gasteiger partial charge in [-0.3, -0.25) is 9.52 Å². The second-order valence-electron chi connectivity index (χ2n) is 8.60. The number of alkyl halides is 1. The molecule has 0 radical (unpaired) electrons. The van der Waals surface area contributed by atoms with Crippen molar-refractivity contribution in [1.82, 2.24) is 14.9 Å². The van der Waals surface area contributed by atoms with Crippen molar-refractivity contribution in [2.75, 3.05) is 23.5 Å². The van der Waals surface area contributed by atoms with Gasteiger partial charge in [-0.15, -0.1) is 0 Å². The van der Waals surface area contributed by atoms with E-state index in [-0.39, 0.29) is 22.1 Å². The SMILES string of the molecule is CC(I)CC1(O)CCN(C(=O)c2ccc(NS(=O)(=O)c3cccc4nc(N)cnc34)cc2)CC1. The van der Waals surface area contributed by atoms with Gasteiger partial charge >= 0.3 is 0 Å². The molecule has 2 aromatic carbocycles. The molecule has 0 spiro atoms. The summed E-state index contributed by atoms with van der Waals surface area (Å²) in [5.74, 6) is 0.0640. The quantitative estimate of drug-likeness (QED) is 0.294. The summed E-state index contributed by atoms with van der Waals surface area (Å²) in [6, 6.07) is 11.0. The second kappa shape index (κ2) is 9.62. The third-order valence-electron chi connectivity index (χ3n) is 5.87. The van der Waals surface area contributed by atoms with E-state index in [1.165, 1.54) is 12.3 Å². The van der Waals surface area contributed by atoms with Crippen LogP contribution >= 0.6 is 22.6 Å². The fourth-order valence-electron chi connectivity index (χ4n) is 4.17. The number of aromatic nitrogens is 2. The summed E-state index contributed by atoms with van der Waals surface area (Å²) in [5, 5.41) is 10.7. The Hall–Kier alpha value is -2.51. The molecular weight excluding hydrogens is 569 g/mol. The molecule has 1 aliphatic rings. The number of piperidine rings is 1. The number of anilines is 2. The first-order valence-corrected chi connectivity index (χ1v) is 13.6. The normalized spacial score (nSPS) is 16.9. The van der Waals surface area contributed by atoms with Gasteiger partial charge in [-0.1, -0.05) is 35.6 Å². The largest absolute Gasteiger partial charge is 0.390 e. The fourth-order valence-corrected chi connectivity index (χ4v) is 6.22. The van der Waals surface area contributed by atoms with Crippen molar-refractivity contribution in [1.29, 1.82) is 0 Å². The molecule has 1 aromatic heterocycles. The number of fused-ring (bicyclic) bond motifs is 1. The molecule has 3 aromatic rings. The first-order chi connectivity index (χ1) is 16.1. The van der Waals surface area contributed by atoms with Crippen molar-refractivity contribution in [3.8, 4) is 0 Å². The highest BCUT2D eigenvalue weighted by atomic mass is 127. The molecule has 9 nitrogen and oxygen atoms in total. The van der Waals surface area contributed by atoms with Gasteiger partial charge in [0.2, 0.25) is 0 Å². The molecule has 180 valence electrons. The van der Waals surface area contributed by atoms with Gasteiger partial charge < -0.3 is 15.7 Å². The molecule has 4 rings (SSSR count). The second-order valence-corrected chi connectivity index (χ2v) is 12.4. The molecule has 2 heterocycles. The van der Waals surface area contributed by atoms with Crippen molar-refractivity contribution in [2.45, 2.75) is 40.6 Å². The Morgan fingerprint density at radius 3 is 2.56 bits per heavy atom. The van der Waals surface area contributed by atoms with E-state index >= 15 is 0 Å². The summed E-state index contributed by atoms with van der Waals surface area (Å²) in [4.78, 5) is 22.9. The number of nitrogens with one attached hydrogen (secondary N) is 1. The number of carbonyl (C=O) groups excluding carboxylic acids is 1. The number of sulfonamides is 1. The zero-order valence-electron chi connectivity index (χ0n) is 18.6. The van der Waals surface area contributed by atoms with E-state index in [9.17, 15) is 18.3 Å². The monoisotopic (exact) mass is 595 g/mol. The lowest BCUT2D eigenvalue weighted by Crippen LogP contribution is -2.47. The number of nitrogen functional groups attached to an aromatic ring is 1. The van der Waals surface area contributed by atoms with E-state index in [0.717, 1.165) is 0 Å². The smallest absolute Gasteiger partial charge is 0.264 e. The number of carbonyl (C=O) groups is 1. The van der Waals surface area contributed by atoms with E-state index in [1.807, 2.05) is 0 Å². The average molecular weight is 595 g/mol. The lowest BCUT2D eigenvalue weighted by Gasteiger charge is -2.39. The van der Waals surface area contributed by atoms with E-state index in [0.29, 0.717) is 53.0 Å². The summed E-state index contributed by atoms with van der Waals surface area (Å²) in [6.07, 6.45) is 3.11. The van der Waals surface area contributed by atoms with Crippen LogP contribution in [0.2, 0.25) is 0 Å². The Kier molecular flexibility index (Phi) is 6.97. The summed E-state index contributed by atoms with van der Waals surface area (Å²) >= 11 is 2.30. The van der Waals surface area contributed by atoms with Gasteiger partial charge in [0.25, 0.3) is 15.9 Å². The highest BCUT2D eigenvalue weighted by molar-refractivity contribution is 14.1. The van der Waals surface area contributed by atoms with Crippen LogP contribution in [-0.4, -0.2) is 56.9 Å². The van der Waals surface area contributed by atoms with E-state index in [2.05, 4.69) is 44.2 Å². The van der Waals surface area contributed by atoms with E-state index in [4.69, 9.17) is 5.73 Å². The van der Waals surface area contributed by atoms with E-state index in [1.54, 1.807) is 41.3 Å². The number of nitrogens with two attached hydrogens (primary N) is 1. The van der Waals surface area contributed by atoms with Crippen LogP contribution in [0.25, 0.3) is 11.0 Å². The topological polar surface area (TPSA) is 139 Å². The van der Waals surface area contributed by atoms with Crippen LogP contribution in [0.3, 0.4) is 0 Å². The van der Waals surface area contributed by atoms with Crippen LogP contribution < -0.4 is 10.5 Å². The zero-order valence-corrected chi connectivity index (χ0v) is 21.6. The van der Waals surface area contributed by atoms with E-state index < -0.39 is 15.6 Å². The minimum atomic E-state index is -3.95. The summed E-state index contributed by atoms with van der Waals surface area (Å²) in [7, 11) is -3.95. The predicted molar refractivity (Wildman–Crippen MR) is 139 cm³/mol. The molecule has 0 bridgehead atoms. The number of nitrogens with zero attached hydrogens (tertiary/aromatic N) is 3. The summed E-state index contributed by atoms with van der Waals surface area (Å²) in [6.45, 7) is 3.04. The number of para-hydroxylation sites is 1. The Balaban J connectivity index is 1.46. The molecular formula is C23H26IN5O4S. The molecule has 1 unspecified atom stereocenters. The van der Waals surface area contributed by atoms with Crippen LogP contribution in [0.1, 0.15) is 36.5 Å². The Morgan fingerprint density at radius 1 is 1.24 bits per heavy atom. The zero-order chi connectivity index (χ0) is 24.5. The summed E-state index contributed by atoms with van der Waals surface area (Å²) < 4.78 is 28.9. The number of aliphatic hydroxyl groups is 1. The highest BCUT2D eigenvalue weighted by Gasteiger charge is 2.34. The number of hydrogen-bond acceptors (Lipinski definition) is 7. The highest BCUT2D eigenvalue weighted by Crippen LogP contribution is 2.30. The van der Waals surface area contributed by atoms with Gasteiger partial charge in [0, 0.05) is 28.3 Å². The molecule has 34 heavy (non-hydrogen) atoms. The van der Waals surface area contributed by atoms with Crippen LogP contribution in [0.5, 0.6) is 0 Å². The first kappa shape index (κ1) is 24.6. The maximum absolute atomic E-state index is 13.0. The lowest BCUT2D eigenvalue weighted by atomic mass is 9.87. The third-order valence-corrected chi connectivity index (χ3v) is 7.72. The third kappa shape index (κ3) is 5.41. The molecule has 0 aliphatic carbocycles. The number of amides is 1. The van der Waals surface area contributed by atoms with Crippen molar-refractivity contribution in [3.63, 3.8) is 0 Å². The lowest BCUT2D eigenvalue weighted by molar-refractivity contribution is -0.0215. The number of halogens is 1. The Morgan fingerprint density at radius 2 is 1.91 bits per heavy atom. The van der Waals surface area contributed by atoms with Gasteiger partial charge in [0.1, 0.15) is 16.2 Å². The maximum atomic E-state index is 13.0. The van der Waals surface area contributed by atoms with Crippen molar-refractivity contribution in [2.24, 2.45) is 0 Å². The molecule has 1 atom stereocenters. The van der Waals surface area contributed by atoms with Crippen LogP contribution in [0.15, 0.2) is 53.6 Å². The molecule has 1 aliphatic heterocycles. The van der Waals surface area contributed by atoms with Crippen molar-refractivity contribution >= 4 is 61.1 Å². The number of benzene rings is 2. The van der Waals surface area contributed by atoms with Crippen molar-refractivity contribution in [3.05, 3.63) is 54.2 Å². The molecule has 1 saturated heterocycles. The Bertz CT molecular complexity index is 1310. The van der Waals surface area contributed by atoms with Crippen LogP contribution in [-0.2, 0) is 10.0 Å². The average Bonchev–Trinajstić information content (AvgIpc) is 2.78. The number of rotatable bonds is 6. The molecule has 11 heteroatoms. The van der Waals surface area contributed by atoms with Gasteiger partial charge in [0.05, 0.1) is 17.3 Å². The minimum absolute atomic E-state index is 0.0146. The van der Waals surface area contributed by atoms with Gasteiger partial charge in [-0.05, 0) is 55.7 Å². The van der Waals surface area contributed by atoms with Gasteiger partial charge in [0.15, 0.2) is 0 Å². The minimum Gasteiger partial charge on any atom is -0.390 e. The fraction of sp³-hybridized carbons (Fsp3) is 0.348. The number of hydrogen-bond donors (Lipinski definition) is 3. The van der Waals surface area contributed by atoms with Gasteiger partial charge in [-0.2, -0.15) is 0 Å². The maximum Gasteiger partial charge on any atom is 0.264 e. The predicted octanol–water partition coefficient (Wildman–Crippen LogP) is 3.19. The summed E-state index contributed by atoms with van der Waals surface area (Å²) in [5.41, 5.74) is 6.30. The molecule has 1 amide bonds. The molecule has 0 saturated carbocycles. The van der Waals surface area contributed by atoms with Crippen LogP contribution in [0.4, 0.5) is 11.5 Å². The molecule has 1 fully saturated rings. The van der Waals surface area contributed by atoms with Crippen LogP contribution in [0, 0.1) is 0 Å².